The molecular formula is C13H13FN4O3S2. The van der Waals surface area contributed by atoms with Crippen LogP contribution in [0.15, 0.2) is 28.6 Å². The fraction of sp³-hybridized carbons (Fsp3) is 0.231. The normalized spacial score (nSPS) is 10.2. The molecule has 1 heterocycles. The lowest BCUT2D eigenvalue weighted by Crippen LogP contribution is -2.13. The topological polar surface area (TPSA) is 93.2 Å². The van der Waals surface area contributed by atoms with Crippen LogP contribution in [-0.4, -0.2) is 34.6 Å². The number of nitrogens with zero attached hydrogens (tertiary/aromatic N) is 2. The molecule has 2 rings (SSSR count). The summed E-state index contributed by atoms with van der Waals surface area (Å²) < 4.78 is 18.2. The maximum atomic E-state index is 13.0. The van der Waals surface area contributed by atoms with Crippen LogP contribution in [0.5, 0.6) is 0 Å². The third-order valence-corrected chi connectivity index (χ3v) is 4.30. The Hall–Kier alpha value is -2.20. The van der Waals surface area contributed by atoms with Crippen molar-refractivity contribution < 1.29 is 18.7 Å². The average Bonchev–Trinajstić information content (AvgIpc) is 2.93. The maximum Gasteiger partial charge on any atom is 0.413 e. The van der Waals surface area contributed by atoms with E-state index in [1.165, 1.54) is 18.2 Å². The summed E-state index contributed by atoms with van der Waals surface area (Å²) in [5.41, 5.74) is 0.387. The summed E-state index contributed by atoms with van der Waals surface area (Å²) in [6, 6.07) is 5.63. The molecule has 1 aromatic carbocycles. The quantitative estimate of drug-likeness (QED) is 0.610. The molecular weight excluding hydrogens is 343 g/mol. The molecule has 0 aliphatic rings. The number of nitrogens with one attached hydrogen (secondary N) is 2. The van der Waals surface area contributed by atoms with E-state index in [4.69, 9.17) is 4.74 Å². The predicted octanol–water partition coefficient (Wildman–Crippen LogP) is 2.98. The van der Waals surface area contributed by atoms with Crippen LogP contribution in [0.2, 0.25) is 0 Å². The number of amides is 2. The summed E-state index contributed by atoms with van der Waals surface area (Å²) in [7, 11) is 0. The molecule has 10 heteroatoms. The molecule has 0 fully saturated rings. The van der Waals surface area contributed by atoms with Crippen molar-refractivity contribution in [3.05, 3.63) is 30.1 Å². The molecule has 0 unspecified atom stereocenters. The highest BCUT2D eigenvalue weighted by molar-refractivity contribution is 8.01. The lowest BCUT2D eigenvalue weighted by molar-refractivity contribution is -0.113. The van der Waals surface area contributed by atoms with Crippen molar-refractivity contribution in [2.75, 3.05) is 23.0 Å². The van der Waals surface area contributed by atoms with Crippen LogP contribution in [0.1, 0.15) is 6.92 Å². The Morgan fingerprint density at radius 1 is 1.35 bits per heavy atom. The van der Waals surface area contributed by atoms with Gasteiger partial charge in [0.15, 0.2) is 4.34 Å². The zero-order chi connectivity index (χ0) is 16.7. The molecule has 122 valence electrons. The molecule has 23 heavy (non-hydrogen) atoms. The molecule has 0 saturated heterocycles. The van der Waals surface area contributed by atoms with Gasteiger partial charge >= 0.3 is 6.09 Å². The molecule has 0 radical (unpaired) electrons. The minimum atomic E-state index is -0.607. The van der Waals surface area contributed by atoms with Gasteiger partial charge in [0.25, 0.3) is 0 Å². The van der Waals surface area contributed by atoms with Gasteiger partial charge < -0.3 is 10.1 Å². The predicted molar refractivity (Wildman–Crippen MR) is 86.3 cm³/mol. The number of carbonyl (C=O) groups excluding carboxylic acids is 2. The molecule has 0 aliphatic heterocycles. The third-order valence-electron chi connectivity index (χ3n) is 2.33. The van der Waals surface area contributed by atoms with Crippen molar-refractivity contribution in [1.82, 2.24) is 10.2 Å². The van der Waals surface area contributed by atoms with Crippen LogP contribution in [0.3, 0.4) is 0 Å². The van der Waals surface area contributed by atoms with Crippen LogP contribution in [-0.2, 0) is 9.53 Å². The van der Waals surface area contributed by atoms with Crippen molar-refractivity contribution in [3.8, 4) is 0 Å². The monoisotopic (exact) mass is 356 g/mol. The van der Waals surface area contributed by atoms with E-state index in [0.717, 1.165) is 23.1 Å². The second-order valence-electron chi connectivity index (χ2n) is 4.07. The SMILES string of the molecule is CCOC(=O)Nc1nnc(SCC(=O)Nc2cccc(F)c2)s1. The number of aromatic nitrogens is 2. The number of thioether (sulfide) groups is 1. The van der Waals surface area contributed by atoms with E-state index in [9.17, 15) is 14.0 Å². The van der Waals surface area contributed by atoms with Gasteiger partial charge in [-0.1, -0.05) is 29.2 Å². The van der Waals surface area contributed by atoms with Gasteiger partial charge in [-0.3, -0.25) is 10.1 Å². The number of rotatable bonds is 6. The Labute approximate surface area is 139 Å². The second kappa shape index (κ2) is 8.44. The van der Waals surface area contributed by atoms with E-state index >= 15 is 0 Å². The number of hydrogen-bond acceptors (Lipinski definition) is 7. The van der Waals surface area contributed by atoms with E-state index in [1.807, 2.05) is 0 Å². The third kappa shape index (κ3) is 5.83. The Morgan fingerprint density at radius 3 is 2.91 bits per heavy atom. The molecule has 0 atom stereocenters. The number of carbonyl (C=O) groups is 2. The van der Waals surface area contributed by atoms with E-state index in [2.05, 4.69) is 20.8 Å². The van der Waals surface area contributed by atoms with Crippen LogP contribution in [0.25, 0.3) is 0 Å². The Balaban J connectivity index is 1.80. The first kappa shape index (κ1) is 17.2. The zero-order valence-corrected chi connectivity index (χ0v) is 13.7. The number of hydrogen-bond donors (Lipinski definition) is 2. The van der Waals surface area contributed by atoms with Gasteiger partial charge in [-0.05, 0) is 25.1 Å². The minimum absolute atomic E-state index is 0.0879. The molecule has 0 spiro atoms. The van der Waals surface area contributed by atoms with Crippen molar-refractivity contribution in [1.29, 1.82) is 0 Å². The fourth-order valence-electron chi connectivity index (χ4n) is 1.46. The zero-order valence-electron chi connectivity index (χ0n) is 12.0. The smallest absolute Gasteiger partial charge is 0.413 e. The summed E-state index contributed by atoms with van der Waals surface area (Å²) in [6.07, 6.45) is -0.607. The van der Waals surface area contributed by atoms with Crippen molar-refractivity contribution in [2.45, 2.75) is 11.3 Å². The molecule has 2 aromatic rings. The lowest BCUT2D eigenvalue weighted by atomic mass is 10.3. The summed E-state index contributed by atoms with van der Waals surface area (Å²) in [5.74, 6) is -0.630. The summed E-state index contributed by atoms with van der Waals surface area (Å²) in [6.45, 7) is 1.95. The van der Waals surface area contributed by atoms with Gasteiger partial charge in [0.05, 0.1) is 12.4 Å². The summed E-state index contributed by atoms with van der Waals surface area (Å²) in [4.78, 5) is 23.0. The van der Waals surface area contributed by atoms with E-state index in [-0.39, 0.29) is 23.4 Å². The summed E-state index contributed by atoms with van der Waals surface area (Å²) in [5, 5.41) is 12.9. The molecule has 0 aliphatic carbocycles. The second-order valence-corrected chi connectivity index (χ2v) is 6.27. The lowest BCUT2D eigenvalue weighted by Gasteiger charge is -2.03. The highest BCUT2D eigenvalue weighted by Crippen LogP contribution is 2.25. The van der Waals surface area contributed by atoms with E-state index in [0.29, 0.717) is 10.0 Å². The molecule has 2 N–H and O–H groups in total. The number of anilines is 2. The standard InChI is InChI=1S/C13H13FN4O3S2/c1-2-21-12(20)16-11-17-18-13(23-11)22-7-10(19)15-9-5-3-4-8(14)6-9/h3-6H,2,7H2,1H3,(H,15,19)(H,16,17,20). The van der Waals surface area contributed by atoms with Gasteiger partial charge in [0.1, 0.15) is 5.82 Å². The van der Waals surface area contributed by atoms with E-state index in [1.54, 1.807) is 13.0 Å². The minimum Gasteiger partial charge on any atom is -0.450 e. The maximum absolute atomic E-state index is 13.0. The molecule has 1 aromatic heterocycles. The highest BCUT2D eigenvalue weighted by atomic mass is 32.2. The van der Waals surface area contributed by atoms with Gasteiger partial charge in [-0.2, -0.15) is 0 Å². The van der Waals surface area contributed by atoms with Crippen molar-refractivity contribution in [3.63, 3.8) is 0 Å². The summed E-state index contributed by atoms with van der Waals surface area (Å²) >= 11 is 2.29. The first-order valence-corrected chi connectivity index (χ1v) is 8.32. The van der Waals surface area contributed by atoms with Gasteiger partial charge in [-0.25, -0.2) is 9.18 Å². The fourth-order valence-corrected chi connectivity index (χ4v) is 3.00. The van der Waals surface area contributed by atoms with Crippen LogP contribution < -0.4 is 10.6 Å². The van der Waals surface area contributed by atoms with Gasteiger partial charge in [0, 0.05) is 5.69 Å². The molecule has 7 nitrogen and oxygen atoms in total. The van der Waals surface area contributed by atoms with Gasteiger partial charge in [-0.15, -0.1) is 10.2 Å². The van der Waals surface area contributed by atoms with Crippen LogP contribution in [0, 0.1) is 5.82 Å². The Morgan fingerprint density at radius 2 is 2.17 bits per heavy atom. The first-order chi connectivity index (χ1) is 11.1. The Kier molecular flexibility index (Phi) is 6.29. The average molecular weight is 356 g/mol. The number of benzene rings is 1. The number of halogens is 1. The first-order valence-electron chi connectivity index (χ1n) is 6.52. The van der Waals surface area contributed by atoms with E-state index < -0.39 is 11.9 Å². The van der Waals surface area contributed by atoms with Crippen LogP contribution >= 0.6 is 23.1 Å². The molecule has 0 bridgehead atoms. The molecule has 2 amide bonds. The van der Waals surface area contributed by atoms with Crippen LogP contribution in [0.4, 0.5) is 20.0 Å². The van der Waals surface area contributed by atoms with Gasteiger partial charge in [0.2, 0.25) is 11.0 Å². The largest absolute Gasteiger partial charge is 0.450 e. The Bertz CT molecular complexity index is 695. The van der Waals surface area contributed by atoms with Crippen molar-refractivity contribution in [2.24, 2.45) is 0 Å². The number of ether oxygens (including phenoxy) is 1. The highest BCUT2D eigenvalue weighted by Gasteiger charge is 2.11. The molecule has 0 saturated carbocycles. The van der Waals surface area contributed by atoms with Crippen molar-refractivity contribution >= 4 is 45.9 Å².